The maximum absolute atomic E-state index is 12.8. The number of carbonyl (C=O) groups excluding carboxylic acids is 2. The van der Waals surface area contributed by atoms with Crippen molar-refractivity contribution >= 4 is 34.4 Å². The van der Waals surface area contributed by atoms with Gasteiger partial charge in [0.2, 0.25) is 11.9 Å². The first kappa shape index (κ1) is 20.6. The maximum atomic E-state index is 12.8. The molecule has 166 valence electrons. The standard InChI is InChI=1S/C24H23N7O2/c25-22(32)20-4-1-3-17-15-31(29-21(17)20)19-7-5-18(6-8-19)28-23(33)16-9-13-30(14-10-16)24-26-11-2-12-27-24/h1-8,11-12,15-16H,9-10,13-14H2,(H2,25,32)(H,28,33). The fraction of sp³-hybridized carbons (Fsp3) is 0.208. The molecule has 4 aromatic rings. The largest absolute Gasteiger partial charge is 0.366 e. The second-order valence-corrected chi connectivity index (χ2v) is 8.03. The lowest BCUT2D eigenvalue weighted by Gasteiger charge is -2.31. The SMILES string of the molecule is NC(=O)c1cccc2cn(-c3ccc(NC(=O)C4CCN(c5ncccn5)CC4)cc3)nc12. The van der Waals surface area contributed by atoms with Gasteiger partial charge in [0.05, 0.1) is 11.3 Å². The monoisotopic (exact) mass is 441 g/mol. The van der Waals surface area contributed by atoms with Crippen molar-refractivity contribution in [1.29, 1.82) is 0 Å². The zero-order valence-corrected chi connectivity index (χ0v) is 17.9. The number of hydrogen-bond acceptors (Lipinski definition) is 6. The number of nitrogens with zero attached hydrogens (tertiary/aromatic N) is 5. The minimum absolute atomic E-state index is 0.0207. The van der Waals surface area contributed by atoms with Crippen LogP contribution in [0.1, 0.15) is 23.2 Å². The third-order valence-corrected chi connectivity index (χ3v) is 5.90. The Morgan fingerprint density at radius 3 is 2.39 bits per heavy atom. The summed E-state index contributed by atoms with van der Waals surface area (Å²) >= 11 is 0. The first-order valence-electron chi connectivity index (χ1n) is 10.8. The topological polar surface area (TPSA) is 119 Å². The molecule has 2 aromatic heterocycles. The molecule has 9 heteroatoms. The smallest absolute Gasteiger partial charge is 0.250 e. The number of anilines is 2. The molecule has 0 spiro atoms. The summed E-state index contributed by atoms with van der Waals surface area (Å²) in [7, 11) is 0. The van der Waals surface area contributed by atoms with Gasteiger partial charge in [0.25, 0.3) is 5.91 Å². The van der Waals surface area contributed by atoms with E-state index in [1.165, 1.54) is 0 Å². The van der Waals surface area contributed by atoms with Crippen molar-refractivity contribution in [2.75, 3.05) is 23.3 Å². The van der Waals surface area contributed by atoms with Crippen molar-refractivity contribution in [2.24, 2.45) is 11.7 Å². The molecule has 0 aliphatic carbocycles. The number of rotatable bonds is 5. The minimum atomic E-state index is -0.508. The summed E-state index contributed by atoms with van der Waals surface area (Å²) in [5, 5.41) is 8.36. The van der Waals surface area contributed by atoms with E-state index >= 15 is 0 Å². The quantitative estimate of drug-likeness (QED) is 0.492. The van der Waals surface area contributed by atoms with Crippen LogP contribution in [-0.4, -0.2) is 44.7 Å². The van der Waals surface area contributed by atoms with E-state index in [4.69, 9.17) is 5.73 Å². The van der Waals surface area contributed by atoms with Crippen LogP contribution in [0.3, 0.4) is 0 Å². The average Bonchev–Trinajstić information content (AvgIpc) is 3.29. The van der Waals surface area contributed by atoms with Gasteiger partial charge >= 0.3 is 0 Å². The molecule has 9 nitrogen and oxygen atoms in total. The van der Waals surface area contributed by atoms with Crippen molar-refractivity contribution in [3.8, 4) is 5.69 Å². The Labute approximate surface area is 190 Å². The summed E-state index contributed by atoms with van der Waals surface area (Å²) in [6.07, 6.45) is 6.81. The minimum Gasteiger partial charge on any atom is -0.366 e. The fourth-order valence-electron chi connectivity index (χ4n) is 4.11. The highest BCUT2D eigenvalue weighted by molar-refractivity contribution is 6.04. The average molecular weight is 441 g/mol. The lowest BCUT2D eigenvalue weighted by atomic mass is 9.96. The number of nitrogens with two attached hydrogens (primary N) is 1. The maximum Gasteiger partial charge on any atom is 0.250 e. The van der Waals surface area contributed by atoms with Crippen LogP contribution in [0.2, 0.25) is 0 Å². The van der Waals surface area contributed by atoms with E-state index in [1.54, 1.807) is 35.3 Å². The summed E-state index contributed by atoms with van der Waals surface area (Å²) < 4.78 is 1.70. The summed E-state index contributed by atoms with van der Waals surface area (Å²) in [4.78, 5) is 35.1. The van der Waals surface area contributed by atoms with Crippen molar-refractivity contribution in [3.63, 3.8) is 0 Å². The molecule has 1 fully saturated rings. The van der Waals surface area contributed by atoms with Crippen LogP contribution in [0.25, 0.3) is 16.6 Å². The Morgan fingerprint density at radius 1 is 0.970 bits per heavy atom. The lowest BCUT2D eigenvalue weighted by molar-refractivity contribution is -0.120. The predicted molar refractivity (Wildman–Crippen MR) is 125 cm³/mol. The van der Waals surface area contributed by atoms with Crippen LogP contribution in [0.15, 0.2) is 67.1 Å². The second kappa shape index (κ2) is 8.70. The zero-order valence-electron chi connectivity index (χ0n) is 17.9. The number of primary amides is 1. The Balaban J connectivity index is 1.23. The first-order chi connectivity index (χ1) is 16.1. The molecule has 2 aromatic carbocycles. The molecule has 0 atom stereocenters. The predicted octanol–water partition coefficient (Wildman–Crippen LogP) is 2.77. The van der Waals surface area contributed by atoms with E-state index in [9.17, 15) is 9.59 Å². The molecule has 2 amide bonds. The molecule has 0 bridgehead atoms. The number of hydrogen-bond donors (Lipinski definition) is 2. The molecule has 3 heterocycles. The number of fused-ring (bicyclic) bond motifs is 1. The second-order valence-electron chi connectivity index (χ2n) is 8.03. The van der Waals surface area contributed by atoms with Crippen LogP contribution in [0.5, 0.6) is 0 Å². The molecule has 1 saturated heterocycles. The summed E-state index contributed by atoms with van der Waals surface area (Å²) in [5.41, 5.74) is 7.95. The number of nitrogens with one attached hydrogen (secondary N) is 1. The van der Waals surface area contributed by atoms with Gasteiger partial charge in [-0.15, -0.1) is 0 Å². The highest BCUT2D eigenvalue weighted by atomic mass is 16.2. The van der Waals surface area contributed by atoms with Crippen molar-refractivity contribution < 1.29 is 9.59 Å². The Kier molecular flexibility index (Phi) is 5.43. The third kappa shape index (κ3) is 4.25. The normalized spacial score (nSPS) is 14.4. The van der Waals surface area contributed by atoms with E-state index in [1.807, 2.05) is 36.5 Å². The molecule has 0 unspecified atom stereocenters. The van der Waals surface area contributed by atoms with Crippen LogP contribution < -0.4 is 16.0 Å². The highest BCUT2D eigenvalue weighted by Gasteiger charge is 2.26. The first-order valence-corrected chi connectivity index (χ1v) is 10.8. The molecular formula is C24H23N7O2. The van der Waals surface area contributed by atoms with Crippen LogP contribution in [-0.2, 0) is 4.79 Å². The van der Waals surface area contributed by atoms with E-state index in [2.05, 4.69) is 25.3 Å². The highest BCUT2D eigenvalue weighted by Crippen LogP contribution is 2.23. The Hall–Kier alpha value is -4.27. The summed E-state index contributed by atoms with van der Waals surface area (Å²) in [5.74, 6) is 0.174. The third-order valence-electron chi connectivity index (χ3n) is 5.90. The molecule has 1 aliphatic heterocycles. The van der Waals surface area contributed by atoms with Gasteiger partial charge in [-0.1, -0.05) is 12.1 Å². The molecule has 0 saturated carbocycles. The van der Waals surface area contributed by atoms with Gasteiger partial charge in [0, 0.05) is 48.7 Å². The van der Waals surface area contributed by atoms with Crippen molar-refractivity contribution in [1.82, 2.24) is 19.7 Å². The number of aromatic nitrogens is 4. The van der Waals surface area contributed by atoms with Gasteiger partial charge in [-0.3, -0.25) is 9.59 Å². The van der Waals surface area contributed by atoms with E-state index in [0.29, 0.717) is 17.0 Å². The van der Waals surface area contributed by atoms with Crippen LogP contribution in [0.4, 0.5) is 11.6 Å². The number of carbonyl (C=O) groups is 2. The number of benzene rings is 2. The van der Waals surface area contributed by atoms with E-state index in [-0.39, 0.29) is 11.8 Å². The van der Waals surface area contributed by atoms with Gasteiger partial charge in [-0.2, -0.15) is 5.10 Å². The lowest BCUT2D eigenvalue weighted by Crippen LogP contribution is -2.39. The molecule has 5 rings (SSSR count). The van der Waals surface area contributed by atoms with Gasteiger partial charge in [-0.05, 0) is 49.2 Å². The van der Waals surface area contributed by atoms with Crippen molar-refractivity contribution in [3.05, 3.63) is 72.7 Å². The molecule has 33 heavy (non-hydrogen) atoms. The van der Waals surface area contributed by atoms with Gasteiger partial charge < -0.3 is 16.0 Å². The molecular weight excluding hydrogens is 418 g/mol. The molecule has 0 radical (unpaired) electrons. The van der Waals surface area contributed by atoms with Gasteiger partial charge in [0.15, 0.2) is 0 Å². The summed E-state index contributed by atoms with van der Waals surface area (Å²) in [6, 6.07) is 14.6. The van der Waals surface area contributed by atoms with Gasteiger partial charge in [-0.25, -0.2) is 14.6 Å². The van der Waals surface area contributed by atoms with Crippen LogP contribution >= 0.6 is 0 Å². The number of amides is 2. The van der Waals surface area contributed by atoms with E-state index < -0.39 is 5.91 Å². The fourth-order valence-corrected chi connectivity index (χ4v) is 4.11. The van der Waals surface area contributed by atoms with E-state index in [0.717, 1.165) is 42.7 Å². The van der Waals surface area contributed by atoms with Gasteiger partial charge in [0.1, 0.15) is 5.52 Å². The molecule has 1 aliphatic rings. The Bertz CT molecular complexity index is 1290. The number of piperidine rings is 1. The van der Waals surface area contributed by atoms with Crippen LogP contribution in [0, 0.1) is 5.92 Å². The molecule has 3 N–H and O–H groups in total. The van der Waals surface area contributed by atoms with Crippen molar-refractivity contribution in [2.45, 2.75) is 12.8 Å². The zero-order chi connectivity index (χ0) is 22.8. The summed E-state index contributed by atoms with van der Waals surface area (Å²) in [6.45, 7) is 1.50. The Morgan fingerprint density at radius 2 is 1.70 bits per heavy atom.